The smallest absolute Gasteiger partial charge is 0.329 e. The number of hydrogen-bond acceptors (Lipinski definition) is 4. The minimum absolute atomic E-state index is 0.0734. The largest absolute Gasteiger partial charge is 0.480 e. The fourth-order valence-corrected chi connectivity index (χ4v) is 3.74. The highest BCUT2D eigenvalue weighted by molar-refractivity contribution is 7.90. The maximum absolute atomic E-state index is 12.6. The van der Waals surface area contributed by atoms with Crippen molar-refractivity contribution in [3.05, 3.63) is 53.9 Å². The van der Waals surface area contributed by atoms with Crippen LogP contribution in [0.5, 0.6) is 0 Å². The first-order valence-electron chi connectivity index (χ1n) is 8.16. The number of carbonyl (C=O) groups excluding carboxylic acids is 1. The molecule has 0 bridgehead atoms. The second-order valence-corrected chi connectivity index (χ2v) is 8.23. The molecule has 1 amide bonds. The molecule has 0 radical (unpaired) electrons. The fraction of sp³-hybridized carbons (Fsp3) is 0.333. The van der Waals surface area contributed by atoms with Crippen molar-refractivity contribution in [2.75, 3.05) is 0 Å². The van der Waals surface area contributed by atoms with Crippen molar-refractivity contribution in [1.82, 2.24) is 9.29 Å². The molecule has 1 aromatic heterocycles. The van der Waals surface area contributed by atoms with E-state index >= 15 is 0 Å². The number of aliphatic carboxylic acids is 1. The molecule has 1 heterocycles. The predicted molar refractivity (Wildman–Crippen MR) is 96.6 cm³/mol. The molecule has 0 aliphatic rings. The molecule has 2 aromatic rings. The Bertz CT molecular complexity index is 915. The van der Waals surface area contributed by atoms with Gasteiger partial charge in [-0.1, -0.05) is 31.0 Å². The van der Waals surface area contributed by atoms with Crippen molar-refractivity contribution in [2.24, 2.45) is 0 Å². The zero-order chi connectivity index (χ0) is 19.5. The first-order chi connectivity index (χ1) is 12.1. The van der Waals surface area contributed by atoms with Crippen LogP contribution < -0.4 is 5.32 Å². The number of nitrogens with one attached hydrogen (secondary N) is 1. The summed E-state index contributed by atoms with van der Waals surface area (Å²) in [7, 11) is -3.82. The van der Waals surface area contributed by atoms with Crippen LogP contribution in [0.4, 0.5) is 0 Å². The molecule has 0 aliphatic heterocycles. The number of hydrogen-bond donors (Lipinski definition) is 2. The van der Waals surface area contributed by atoms with Crippen LogP contribution in [0.15, 0.2) is 47.6 Å². The molecular formula is C18H22N2O5S. The Morgan fingerprint density at radius 2 is 1.81 bits per heavy atom. The lowest BCUT2D eigenvalue weighted by atomic mass is 9.96. The van der Waals surface area contributed by atoms with Gasteiger partial charge in [-0.3, -0.25) is 4.79 Å². The summed E-state index contributed by atoms with van der Waals surface area (Å²) >= 11 is 0. The lowest BCUT2D eigenvalue weighted by Crippen LogP contribution is -2.52. The molecular weight excluding hydrogens is 356 g/mol. The van der Waals surface area contributed by atoms with E-state index in [1.807, 2.05) is 13.8 Å². The molecule has 2 N–H and O–H groups in total. The van der Waals surface area contributed by atoms with Gasteiger partial charge in [0.2, 0.25) is 0 Å². The van der Waals surface area contributed by atoms with Crippen LogP contribution in [0, 0.1) is 6.92 Å². The molecule has 0 aliphatic carbocycles. The number of aromatic nitrogens is 1. The van der Waals surface area contributed by atoms with Gasteiger partial charge in [0.15, 0.2) is 0 Å². The SMILES string of the molecule is CCCC(C)(NC(=O)c1ccn(S(=O)(=O)c2ccc(C)cc2)c1)C(=O)O. The normalized spacial score (nSPS) is 13.8. The van der Waals surface area contributed by atoms with E-state index in [2.05, 4.69) is 5.32 Å². The highest BCUT2D eigenvalue weighted by Gasteiger charge is 2.34. The molecule has 1 aromatic carbocycles. The number of benzene rings is 1. The predicted octanol–water partition coefficient (Wildman–Crippen LogP) is 2.41. The summed E-state index contributed by atoms with van der Waals surface area (Å²) in [6.07, 6.45) is 3.28. The number of carboxylic acids is 1. The molecule has 0 saturated carbocycles. The summed E-state index contributed by atoms with van der Waals surface area (Å²) in [6.45, 7) is 5.10. The third kappa shape index (κ3) is 3.96. The van der Waals surface area contributed by atoms with E-state index in [0.717, 1.165) is 9.54 Å². The summed E-state index contributed by atoms with van der Waals surface area (Å²) < 4.78 is 26.2. The zero-order valence-corrected chi connectivity index (χ0v) is 15.7. The van der Waals surface area contributed by atoms with E-state index in [9.17, 15) is 23.1 Å². The number of carbonyl (C=O) groups is 2. The molecule has 0 spiro atoms. The van der Waals surface area contributed by atoms with Crippen LogP contribution in [-0.2, 0) is 14.8 Å². The quantitative estimate of drug-likeness (QED) is 0.770. The Hall–Kier alpha value is -2.61. The minimum Gasteiger partial charge on any atom is -0.480 e. The van der Waals surface area contributed by atoms with Crippen molar-refractivity contribution in [3.63, 3.8) is 0 Å². The molecule has 0 saturated heterocycles. The second-order valence-electron chi connectivity index (χ2n) is 6.39. The highest BCUT2D eigenvalue weighted by atomic mass is 32.2. The summed E-state index contributed by atoms with van der Waals surface area (Å²) in [6, 6.07) is 7.70. The van der Waals surface area contributed by atoms with E-state index < -0.39 is 27.4 Å². The Morgan fingerprint density at radius 3 is 2.35 bits per heavy atom. The van der Waals surface area contributed by atoms with Crippen LogP contribution in [0.2, 0.25) is 0 Å². The van der Waals surface area contributed by atoms with Gasteiger partial charge in [-0.2, -0.15) is 0 Å². The topological polar surface area (TPSA) is 105 Å². The van der Waals surface area contributed by atoms with Crippen LogP contribution in [0.1, 0.15) is 42.6 Å². The monoisotopic (exact) mass is 378 g/mol. The average Bonchev–Trinajstić information content (AvgIpc) is 3.06. The molecule has 26 heavy (non-hydrogen) atoms. The zero-order valence-electron chi connectivity index (χ0n) is 14.9. The Kier molecular flexibility index (Phi) is 5.56. The number of carboxylic acid groups (broad SMARTS) is 1. The van der Waals surface area contributed by atoms with E-state index in [1.165, 1.54) is 37.5 Å². The Balaban J connectivity index is 2.27. The molecule has 7 nitrogen and oxygen atoms in total. The number of amides is 1. The van der Waals surface area contributed by atoms with Gasteiger partial charge in [-0.05, 0) is 38.5 Å². The number of rotatable bonds is 7. The molecule has 1 atom stereocenters. The van der Waals surface area contributed by atoms with Gasteiger partial charge < -0.3 is 10.4 Å². The third-order valence-electron chi connectivity index (χ3n) is 4.14. The molecule has 8 heteroatoms. The van der Waals surface area contributed by atoms with Crippen LogP contribution in [0.3, 0.4) is 0 Å². The van der Waals surface area contributed by atoms with Crippen molar-refractivity contribution in [3.8, 4) is 0 Å². The van der Waals surface area contributed by atoms with E-state index in [4.69, 9.17) is 0 Å². The van der Waals surface area contributed by atoms with E-state index in [0.29, 0.717) is 6.42 Å². The van der Waals surface area contributed by atoms with Crippen molar-refractivity contribution < 1.29 is 23.1 Å². The van der Waals surface area contributed by atoms with Crippen LogP contribution in [0.25, 0.3) is 0 Å². The van der Waals surface area contributed by atoms with E-state index in [1.54, 1.807) is 12.1 Å². The summed E-state index contributed by atoms with van der Waals surface area (Å²) in [5.41, 5.74) is -0.409. The van der Waals surface area contributed by atoms with Gasteiger partial charge in [-0.25, -0.2) is 17.2 Å². The van der Waals surface area contributed by atoms with Crippen LogP contribution in [-0.4, -0.2) is 34.9 Å². The van der Waals surface area contributed by atoms with Crippen molar-refractivity contribution in [1.29, 1.82) is 0 Å². The Morgan fingerprint density at radius 1 is 1.19 bits per heavy atom. The fourth-order valence-electron chi connectivity index (χ4n) is 2.54. The average molecular weight is 378 g/mol. The molecule has 2 rings (SSSR count). The summed E-state index contributed by atoms with van der Waals surface area (Å²) in [4.78, 5) is 23.9. The third-order valence-corrected chi connectivity index (χ3v) is 5.79. The van der Waals surface area contributed by atoms with Crippen LogP contribution >= 0.6 is 0 Å². The van der Waals surface area contributed by atoms with E-state index in [-0.39, 0.29) is 16.9 Å². The first-order valence-corrected chi connectivity index (χ1v) is 9.60. The number of aryl methyl sites for hydroxylation is 1. The maximum atomic E-state index is 12.6. The first kappa shape index (κ1) is 19.7. The summed E-state index contributed by atoms with van der Waals surface area (Å²) in [5, 5.41) is 11.8. The number of nitrogens with zero attached hydrogens (tertiary/aromatic N) is 1. The van der Waals surface area contributed by atoms with Gasteiger partial charge in [0, 0.05) is 12.4 Å². The lowest BCUT2D eigenvalue weighted by molar-refractivity contribution is -0.144. The summed E-state index contributed by atoms with van der Waals surface area (Å²) in [5.74, 6) is -1.78. The van der Waals surface area contributed by atoms with Gasteiger partial charge in [0.05, 0.1) is 10.5 Å². The molecule has 0 fully saturated rings. The minimum atomic E-state index is -3.82. The molecule has 1 unspecified atom stereocenters. The highest BCUT2D eigenvalue weighted by Crippen LogP contribution is 2.18. The molecule has 140 valence electrons. The standard InChI is InChI=1S/C18H22N2O5S/c1-4-10-18(3,17(22)23)19-16(21)14-9-11-20(12-14)26(24,25)15-7-5-13(2)6-8-15/h5-9,11-12H,4,10H2,1-3H3,(H,19,21)(H,22,23). The second kappa shape index (κ2) is 7.33. The maximum Gasteiger partial charge on any atom is 0.329 e. The van der Waals surface area contributed by atoms with Crippen molar-refractivity contribution >= 4 is 21.9 Å². The Labute approximate surface area is 152 Å². The van der Waals surface area contributed by atoms with Gasteiger partial charge >= 0.3 is 5.97 Å². The van der Waals surface area contributed by atoms with Gasteiger partial charge in [0.25, 0.3) is 15.9 Å². The van der Waals surface area contributed by atoms with Gasteiger partial charge in [-0.15, -0.1) is 0 Å². The lowest BCUT2D eigenvalue weighted by Gasteiger charge is -2.25. The van der Waals surface area contributed by atoms with Crippen molar-refractivity contribution in [2.45, 2.75) is 44.0 Å². The van der Waals surface area contributed by atoms with Gasteiger partial charge in [0.1, 0.15) is 5.54 Å².